The van der Waals surface area contributed by atoms with Gasteiger partial charge in [0.15, 0.2) is 11.5 Å². The number of hydrogen-bond acceptors (Lipinski definition) is 4. The van der Waals surface area contributed by atoms with E-state index in [0.29, 0.717) is 37.0 Å². The van der Waals surface area contributed by atoms with Crippen LogP contribution in [0.2, 0.25) is 5.02 Å². The summed E-state index contributed by atoms with van der Waals surface area (Å²) in [5, 5.41) is 3.40. The van der Waals surface area contributed by atoms with E-state index in [1.807, 2.05) is 18.2 Å². The van der Waals surface area contributed by atoms with Crippen molar-refractivity contribution in [2.45, 2.75) is 88.4 Å². The molecule has 1 spiro atoms. The molecule has 2 aromatic rings. The van der Waals surface area contributed by atoms with Crippen LogP contribution in [0.5, 0.6) is 17.2 Å². The van der Waals surface area contributed by atoms with E-state index >= 15 is 0 Å². The predicted molar refractivity (Wildman–Crippen MR) is 133 cm³/mol. The lowest BCUT2D eigenvalue weighted by Crippen LogP contribution is -2.49. The van der Waals surface area contributed by atoms with Gasteiger partial charge in [0.1, 0.15) is 17.2 Å². The number of ether oxygens (including phenoxy) is 3. The van der Waals surface area contributed by atoms with E-state index in [1.54, 1.807) is 7.11 Å². The number of halogens is 2. The van der Waals surface area contributed by atoms with Crippen LogP contribution in [0.3, 0.4) is 0 Å². The smallest absolute Gasteiger partial charge is 0.220 e. The number of benzene rings is 2. The maximum absolute atomic E-state index is 14.1. The summed E-state index contributed by atoms with van der Waals surface area (Å²) in [5.41, 5.74) is 1.38. The quantitative estimate of drug-likeness (QED) is 0.437. The van der Waals surface area contributed by atoms with Crippen molar-refractivity contribution < 1.29 is 23.4 Å². The highest BCUT2D eigenvalue weighted by Crippen LogP contribution is 2.51. The number of carbonyl (C=O) groups is 1. The number of nitrogens with one attached hydrogen (secondary N) is 1. The van der Waals surface area contributed by atoms with Gasteiger partial charge in [-0.15, -0.1) is 0 Å². The molecular weight excluding hydrogens is 469 g/mol. The third kappa shape index (κ3) is 5.23. The molecule has 1 amide bonds. The van der Waals surface area contributed by atoms with Crippen LogP contribution in [0.1, 0.15) is 81.4 Å². The van der Waals surface area contributed by atoms with E-state index in [9.17, 15) is 9.18 Å². The van der Waals surface area contributed by atoms with Gasteiger partial charge < -0.3 is 19.5 Å². The van der Waals surface area contributed by atoms with Crippen LogP contribution in [-0.2, 0) is 11.2 Å². The van der Waals surface area contributed by atoms with Crippen molar-refractivity contribution in [3.8, 4) is 17.2 Å². The second-order valence-electron chi connectivity index (χ2n) is 10.1. The van der Waals surface area contributed by atoms with Crippen LogP contribution in [0, 0.1) is 5.82 Å². The summed E-state index contributed by atoms with van der Waals surface area (Å²) < 4.78 is 32.2. The number of aryl methyl sites for hydroxylation is 1. The van der Waals surface area contributed by atoms with E-state index in [0.717, 1.165) is 49.2 Å². The summed E-state index contributed by atoms with van der Waals surface area (Å²) in [6, 6.07) is 8.33. The number of carbonyl (C=O) groups excluding carboxylic acids is 1. The van der Waals surface area contributed by atoms with Crippen molar-refractivity contribution in [1.82, 2.24) is 5.32 Å². The molecule has 0 aromatic heterocycles. The molecule has 2 aromatic carbocycles. The van der Waals surface area contributed by atoms with Gasteiger partial charge >= 0.3 is 0 Å². The van der Waals surface area contributed by atoms with E-state index in [1.165, 1.54) is 25.0 Å². The SMILES string of the molecule is COc1cccc(CCCC(=O)NC2CC3(CCC3)Oc3c(Cl)cc(F)cc32)c1OC1CCCC1. The predicted octanol–water partition coefficient (Wildman–Crippen LogP) is 6.69. The van der Waals surface area contributed by atoms with E-state index in [-0.39, 0.29) is 28.7 Å². The second-order valence-corrected chi connectivity index (χ2v) is 10.5. The fourth-order valence-corrected chi connectivity index (χ4v) is 5.88. The first-order valence-electron chi connectivity index (χ1n) is 12.8. The molecule has 0 bridgehead atoms. The highest BCUT2D eigenvalue weighted by molar-refractivity contribution is 6.32. The van der Waals surface area contributed by atoms with Gasteiger partial charge in [0.25, 0.3) is 0 Å². The lowest BCUT2D eigenvalue weighted by atomic mass is 9.73. The number of amides is 1. The minimum atomic E-state index is -0.422. The van der Waals surface area contributed by atoms with Crippen LogP contribution in [-0.4, -0.2) is 24.7 Å². The Kier molecular flexibility index (Phi) is 7.10. The Bertz CT molecular complexity index is 1080. The molecule has 3 aliphatic rings. The van der Waals surface area contributed by atoms with Gasteiger partial charge in [-0.25, -0.2) is 4.39 Å². The van der Waals surface area contributed by atoms with Crippen molar-refractivity contribution in [2.24, 2.45) is 0 Å². The minimum Gasteiger partial charge on any atom is -0.493 e. The molecule has 5 rings (SSSR count). The number of methoxy groups -OCH3 is 1. The summed E-state index contributed by atoms with van der Waals surface area (Å²) in [5.74, 6) is 1.57. The van der Waals surface area contributed by atoms with Crippen molar-refractivity contribution in [1.29, 1.82) is 0 Å². The third-order valence-electron chi connectivity index (χ3n) is 7.62. The first kappa shape index (κ1) is 24.2. The highest BCUT2D eigenvalue weighted by atomic mass is 35.5. The topological polar surface area (TPSA) is 56.8 Å². The van der Waals surface area contributed by atoms with E-state index in [2.05, 4.69) is 5.32 Å². The Morgan fingerprint density at radius 3 is 2.74 bits per heavy atom. The lowest BCUT2D eigenvalue weighted by molar-refractivity contribution is -0.123. The van der Waals surface area contributed by atoms with Gasteiger partial charge in [-0.05, 0) is 81.5 Å². The summed E-state index contributed by atoms with van der Waals surface area (Å²) in [4.78, 5) is 13.0. The molecule has 0 saturated heterocycles. The molecule has 5 nitrogen and oxygen atoms in total. The largest absolute Gasteiger partial charge is 0.493 e. The number of rotatable bonds is 8. The fraction of sp³-hybridized carbons (Fsp3) is 0.536. The molecule has 2 saturated carbocycles. The molecule has 188 valence electrons. The van der Waals surface area contributed by atoms with Crippen molar-refractivity contribution in [3.63, 3.8) is 0 Å². The highest BCUT2D eigenvalue weighted by Gasteiger charge is 2.46. The molecule has 1 unspecified atom stereocenters. The van der Waals surface area contributed by atoms with Crippen molar-refractivity contribution in [2.75, 3.05) is 7.11 Å². The van der Waals surface area contributed by atoms with Gasteiger partial charge in [-0.2, -0.15) is 0 Å². The fourth-order valence-electron chi connectivity index (χ4n) is 5.62. The van der Waals surface area contributed by atoms with Crippen molar-refractivity contribution >= 4 is 17.5 Å². The molecule has 2 fully saturated rings. The molecule has 1 N–H and O–H groups in total. The van der Waals surface area contributed by atoms with Crippen LogP contribution in [0.15, 0.2) is 30.3 Å². The molecule has 1 aliphatic heterocycles. The molecule has 1 heterocycles. The number of fused-ring (bicyclic) bond motifs is 1. The number of para-hydroxylation sites is 1. The minimum absolute atomic E-state index is 0.0566. The molecule has 1 atom stereocenters. The van der Waals surface area contributed by atoms with Gasteiger partial charge in [0.05, 0.1) is 24.3 Å². The zero-order valence-electron chi connectivity index (χ0n) is 20.2. The Morgan fingerprint density at radius 2 is 2.03 bits per heavy atom. The van der Waals surface area contributed by atoms with Crippen molar-refractivity contribution in [3.05, 3.63) is 52.3 Å². The number of hydrogen-bond donors (Lipinski definition) is 1. The zero-order chi connectivity index (χ0) is 24.4. The summed E-state index contributed by atoms with van der Waals surface area (Å²) in [6.07, 6.45) is 10.1. The first-order valence-corrected chi connectivity index (χ1v) is 13.1. The Balaban J connectivity index is 1.23. The van der Waals surface area contributed by atoms with Crippen LogP contribution < -0.4 is 19.5 Å². The second kappa shape index (κ2) is 10.3. The Hall–Kier alpha value is -2.47. The monoisotopic (exact) mass is 501 g/mol. The molecule has 2 aliphatic carbocycles. The lowest BCUT2D eigenvalue weighted by Gasteiger charge is -2.48. The summed E-state index contributed by atoms with van der Waals surface area (Å²) >= 11 is 6.31. The molecule has 7 heteroatoms. The molecule has 0 radical (unpaired) electrons. The van der Waals surface area contributed by atoms with E-state index < -0.39 is 5.82 Å². The Labute approximate surface area is 211 Å². The van der Waals surface area contributed by atoms with Crippen LogP contribution in [0.25, 0.3) is 0 Å². The van der Waals surface area contributed by atoms with Gasteiger partial charge in [0.2, 0.25) is 5.91 Å². The van der Waals surface area contributed by atoms with Crippen LogP contribution >= 0.6 is 11.6 Å². The van der Waals surface area contributed by atoms with E-state index in [4.69, 9.17) is 25.8 Å². The maximum atomic E-state index is 14.1. The normalized spacial score (nSPS) is 20.6. The third-order valence-corrected chi connectivity index (χ3v) is 7.91. The van der Waals surface area contributed by atoms with Gasteiger partial charge in [0, 0.05) is 18.4 Å². The first-order chi connectivity index (χ1) is 17.0. The maximum Gasteiger partial charge on any atom is 0.220 e. The summed E-state index contributed by atoms with van der Waals surface area (Å²) in [6.45, 7) is 0. The Morgan fingerprint density at radius 1 is 1.23 bits per heavy atom. The van der Waals surface area contributed by atoms with Crippen LogP contribution in [0.4, 0.5) is 4.39 Å². The van der Waals surface area contributed by atoms with Gasteiger partial charge in [-0.1, -0.05) is 23.7 Å². The van der Waals surface area contributed by atoms with Gasteiger partial charge in [-0.3, -0.25) is 4.79 Å². The average molecular weight is 502 g/mol. The molecule has 35 heavy (non-hydrogen) atoms. The molecular formula is C28H33ClFNO4. The zero-order valence-corrected chi connectivity index (χ0v) is 21.0. The standard InChI is InChI=1S/C28H33ClFNO4/c1-33-24-11-4-7-18(26(24)34-20-9-2-3-10-20)8-5-12-25(32)31-23-17-28(13-6-14-28)35-27-21(23)15-19(30)16-22(27)29/h4,7,11,15-16,20,23H,2-3,5-6,8-10,12-14,17H2,1H3,(H,31,32). The average Bonchev–Trinajstić information content (AvgIpc) is 3.32. The summed E-state index contributed by atoms with van der Waals surface area (Å²) in [7, 11) is 1.66.